The van der Waals surface area contributed by atoms with Crippen LogP contribution in [0.15, 0.2) is 23.1 Å². The predicted octanol–water partition coefficient (Wildman–Crippen LogP) is 3.20. The molecule has 0 radical (unpaired) electrons. The maximum atomic E-state index is 13.0. The Balaban J connectivity index is 1.75. The summed E-state index contributed by atoms with van der Waals surface area (Å²) in [6, 6.07) is 4.33. The fourth-order valence-electron chi connectivity index (χ4n) is 3.75. The third kappa shape index (κ3) is 4.83. The van der Waals surface area contributed by atoms with Crippen LogP contribution in [0, 0.1) is 0 Å². The number of nitrogens with zero attached hydrogens (tertiary/aromatic N) is 1. The van der Waals surface area contributed by atoms with Gasteiger partial charge in [0, 0.05) is 26.2 Å². The summed E-state index contributed by atoms with van der Waals surface area (Å²) in [7, 11) is -2.05. The Bertz CT molecular complexity index is 772. The van der Waals surface area contributed by atoms with Crippen LogP contribution in [0.4, 0.5) is 0 Å². The number of carbonyl (C=O) groups excluding carboxylic acids is 1. The first-order valence-corrected chi connectivity index (χ1v) is 11.4. The van der Waals surface area contributed by atoms with Crippen molar-refractivity contribution in [3.05, 3.63) is 28.8 Å². The van der Waals surface area contributed by atoms with E-state index in [9.17, 15) is 13.2 Å². The van der Waals surface area contributed by atoms with Crippen LogP contribution >= 0.6 is 11.6 Å². The molecule has 1 heterocycles. The van der Waals surface area contributed by atoms with E-state index in [0.29, 0.717) is 13.2 Å². The summed E-state index contributed by atoms with van der Waals surface area (Å²) in [5, 5.41) is 3.03. The Morgan fingerprint density at radius 1 is 1.22 bits per heavy atom. The lowest BCUT2D eigenvalue weighted by Gasteiger charge is -2.30. The number of nitrogens with one attached hydrogen (secondary N) is 1. The first-order valence-electron chi connectivity index (χ1n) is 9.57. The zero-order valence-corrected chi connectivity index (χ0v) is 17.2. The molecule has 1 aliphatic carbocycles. The van der Waals surface area contributed by atoms with Crippen molar-refractivity contribution in [2.45, 2.75) is 62.0 Å². The molecule has 0 aromatic heterocycles. The lowest BCUT2D eigenvalue weighted by molar-refractivity contribution is 0.0857. The molecule has 1 amide bonds. The van der Waals surface area contributed by atoms with Crippen molar-refractivity contribution in [2.24, 2.45) is 0 Å². The molecule has 0 spiro atoms. The molecule has 2 fully saturated rings. The molecule has 0 bridgehead atoms. The minimum Gasteiger partial charge on any atom is -0.376 e. The summed E-state index contributed by atoms with van der Waals surface area (Å²) in [6.07, 6.45) is 6.90. The van der Waals surface area contributed by atoms with E-state index < -0.39 is 10.0 Å². The largest absolute Gasteiger partial charge is 0.376 e. The first kappa shape index (κ1) is 20.6. The van der Waals surface area contributed by atoms with Crippen LogP contribution < -0.4 is 5.32 Å². The average molecular weight is 415 g/mol. The van der Waals surface area contributed by atoms with Crippen molar-refractivity contribution in [1.29, 1.82) is 0 Å². The standard InChI is InChI=1S/C19H27ClN2O4S/c1-22(14-6-3-2-4-7-14)27(24,25)16-9-10-18(20)17(12-16)19(23)21-13-15-8-5-11-26-15/h9-10,12,14-15H,2-8,11,13H2,1H3,(H,21,23)/t15-/m1/s1. The van der Waals surface area contributed by atoms with Gasteiger partial charge in [-0.3, -0.25) is 4.79 Å². The maximum Gasteiger partial charge on any atom is 0.252 e. The molecule has 0 unspecified atom stereocenters. The van der Waals surface area contributed by atoms with Gasteiger partial charge in [0.05, 0.1) is 21.6 Å². The number of carbonyl (C=O) groups is 1. The summed E-state index contributed by atoms with van der Waals surface area (Å²) in [5.74, 6) is -0.382. The van der Waals surface area contributed by atoms with Gasteiger partial charge in [-0.05, 0) is 43.9 Å². The van der Waals surface area contributed by atoms with E-state index in [0.717, 1.165) is 44.9 Å². The van der Waals surface area contributed by atoms with Crippen LogP contribution in [0.2, 0.25) is 5.02 Å². The third-order valence-electron chi connectivity index (χ3n) is 5.46. The molecule has 1 aliphatic heterocycles. The molecule has 3 rings (SSSR count). The second kappa shape index (κ2) is 8.90. The molecule has 1 aromatic rings. The third-order valence-corrected chi connectivity index (χ3v) is 7.70. The molecular weight excluding hydrogens is 388 g/mol. The molecule has 150 valence electrons. The smallest absolute Gasteiger partial charge is 0.252 e. The van der Waals surface area contributed by atoms with Gasteiger partial charge in [-0.2, -0.15) is 4.31 Å². The first-order chi connectivity index (χ1) is 12.9. The molecule has 6 nitrogen and oxygen atoms in total. The Kier molecular flexibility index (Phi) is 6.78. The monoisotopic (exact) mass is 414 g/mol. The van der Waals surface area contributed by atoms with Gasteiger partial charge in [0.1, 0.15) is 0 Å². The number of sulfonamides is 1. The van der Waals surface area contributed by atoms with E-state index in [4.69, 9.17) is 16.3 Å². The Labute approximate surface area is 166 Å². The van der Waals surface area contributed by atoms with Crippen LogP contribution in [0.1, 0.15) is 55.3 Å². The van der Waals surface area contributed by atoms with Crippen LogP contribution in [0.3, 0.4) is 0 Å². The molecule has 1 saturated heterocycles. The zero-order valence-electron chi connectivity index (χ0n) is 15.6. The van der Waals surface area contributed by atoms with Crippen molar-refractivity contribution in [3.8, 4) is 0 Å². The lowest BCUT2D eigenvalue weighted by Crippen LogP contribution is -2.38. The fraction of sp³-hybridized carbons (Fsp3) is 0.632. The van der Waals surface area contributed by atoms with Gasteiger partial charge in [-0.25, -0.2) is 8.42 Å². The van der Waals surface area contributed by atoms with Crippen LogP contribution in [0.5, 0.6) is 0 Å². The number of rotatable bonds is 6. The molecule has 27 heavy (non-hydrogen) atoms. The van der Waals surface area contributed by atoms with Gasteiger partial charge >= 0.3 is 0 Å². The van der Waals surface area contributed by atoms with E-state index in [-0.39, 0.29) is 33.5 Å². The second-order valence-electron chi connectivity index (χ2n) is 7.30. The van der Waals surface area contributed by atoms with Crippen molar-refractivity contribution in [2.75, 3.05) is 20.2 Å². The number of hydrogen-bond donors (Lipinski definition) is 1. The minimum atomic E-state index is -3.67. The summed E-state index contributed by atoms with van der Waals surface area (Å²) >= 11 is 6.16. The minimum absolute atomic E-state index is 0.0104. The van der Waals surface area contributed by atoms with Crippen molar-refractivity contribution < 1.29 is 17.9 Å². The second-order valence-corrected chi connectivity index (χ2v) is 9.70. The van der Waals surface area contributed by atoms with Gasteiger partial charge in [0.2, 0.25) is 10.0 Å². The highest BCUT2D eigenvalue weighted by Gasteiger charge is 2.30. The van der Waals surface area contributed by atoms with E-state index in [1.165, 1.54) is 22.5 Å². The number of amides is 1. The topological polar surface area (TPSA) is 75.7 Å². The maximum absolute atomic E-state index is 13.0. The highest BCUT2D eigenvalue weighted by Crippen LogP contribution is 2.28. The Morgan fingerprint density at radius 3 is 2.63 bits per heavy atom. The normalized spacial score (nSPS) is 21.5. The summed E-state index contributed by atoms with van der Waals surface area (Å²) in [5.41, 5.74) is 0.174. The predicted molar refractivity (Wildman–Crippen MR) is 105 cm³/mol. The number of hydrogen-bond acceptors (Lipinski definition) is 4. The molecule has 1 saturated carbocycles. The van der Waals surface area contributed by atoms with Gasteiger partial charge < -0.3 is 10.1 Å². The molecule has 8 heteroatoms. The summed E-state index contributed by atoms with van der Waals surface area (Å²) in [6.45, 7) is 1.11. The Hall–Kier alpha value is -1.15. The zero-order chi connectivity index (χ0) is 19.4. The van der Waals surface area contributed by atoms with E-state index >= 15 is 0 Å². The van der Waals surface area contributed by atoms with Gasteiger partial charge in [0.15, 0.2) is 0 Å². The van der Waals surface area contributed by atoms with Gasteiger partial charge in [-0.15, -0.1) is 0 Å². The van der Waals surface area contributed by atoms with Crippen molar-refractivity contribution in [3.63, 3.8) is 0 Å². The molecule has 1 aromatic carbocycles. The van der Waals surface area contributed by atoms with E-state index in [2.05, 4.69) is 5.32 Å². The fourth-order valence-corrected chi connectivity index (χ4v) is 5.40. The van der Waals surface area contributed by atoms with Crippen LogP contribution in [-0.2, 0) is 14.8 Å². The van der Waals surface area contributed by atoms with Crippen LogP contribution in [0.25, 0.3) is 0 Å². The lowest BCUT2D eigenvalue weighted by atomic mass is 9.96. The van der Waals surface area contributed by atoms with E-state index in [1.54, 1.807) is 7.05 Å². The highest BCUT2D eigenvalue weighted by molar-refractivity contribution is 7.89. The average Bonchev–Trinajstić information content (AvgIpc) is 3.20. The summed E-state index contributed by atoms with van der Waals surface area (Å²) in [4.78, 5) is 12.6. The van der Waals surface area contributed by atoms with Gasteiger partial charge in [-0.1, -0.05) is 30.9 Å². The number of ether oxygens (including phenoxy) is 1. The summed E-state index contributed by atoms with van der Waals surface area (Å²) < 4.78 is 33.0. The highest BCUT2D eigenvalue weighted by atomic mass is 35.5. The number of halogens is 1. The molecule has 1 atom stereocenters. The van der Waals surface area contributed by atoms with Gasteiger partial charge in [0.25, 0.3) is 5.91 Å². The molecule has 1 N–H and O–H groups in total. The number of benzene rings is 1. The van der Waals surface area contributed by atoms with E-state index in [1.807, 2.05) is 0 Å². The quantitative estimate of drug-likeness (QED) is 0.775. The molecular formula is C19H27ClN2O4S. The van der Waals surface area contributed by atoms with Crippen molar-refractivity contribution in [1.82, 2.24) is 9.62 Å². The molecule has 2 aliphatic rings. The SMILES string of the molecule is CN(C1CCCCC1)S(=O)(=O)c1ccc(Cl)c(C(=O)NC[C@H]2CCCO2)c1. The van der Waals surface area contributed by atoms with Crippen LogP contribution in [-0.4, -0.2) is 51.0 Å². The Morgan fingerprint density at radius 2 is 1.96 bits per heavy atom. The van der Waals surface area contributed by atoms with Crippen molar-refractivity contribution >= 4 is 27.5 Å².